The van der Waals surface area contributed by atoms with Crippen LogP contribution in [0.2, 0.25) is 10.0 Å². The van der Waals surface area contributed by atoms with Crippen LogP contribution in [0.25, 0.3) is 5.69 Å². The molecule has 1 aromatic heterocycles. The number of carbonyl (C=O) groups is 1. The van der Waals surface area contributed by atoms with E-state index < -0.39 is 27.5 Å². The molecule has 0 aliphatic carbocycles. The zero-order chi connectivity index (χ0) is 28.6. The summed E-state index contributed by atoms with van der Waals surface area (Å²) in [6, 6.07) is 15.2. The number of rotatable bonds is 7. The minimum absolute atomic E-state index is 0.106. The highest BCUT2D eigenvalue weighted by molar-refractivity contribution is 7.89. The number of carbonyl (C=O) groups excluding carboxylic acids is 1. The van der Waals surface area contributed by atoms with E-state index >= 15 is 0 Å². The van der Waals surface area contributed by atoms with Crippen LogP contribution in [0, 0.1) is 0 Å². The third kappa shape index (κ3) is 5.07. The fourth-order valence-corrected chi connectivity index (χ4v) is 6.63. The zero-order valence-electron chi connectivity index (χ0n) is 20.8. The average molecular weight is 605 g/mol. The molecule has 1 aliphatic heterocycles. The largest absolute Gasteiger partial charge is 0.494 e. The lowest BCUT2D eigenvalue weighted by molar-refractivity contribution is -0.133. The lowest BCUT2D eigenvalue weighted by Gasteiger charge is -2.32. The number of hydrogen-bond donors (Lipinski definition) is 3. The van der Waals surface area contributed by atoms with Gasteiger partial charge >= 0.3 is 0 Å². The Bertz CT molecular complexity index is 1730. The van der Waals surface area contributed by atoms with Crippen molar-refractivity contribution in [2.45, 2.75) is 17.4 Å². The van der Waals surface area contributed by atoms with Crippen LogP contribution in [-0.2, 0) is 21.2 Å². The zero-order valence-corrected chi connectivity index (χ0v) is 23.1. The van der Waals surface area contributed by atoms with Gasteiger partial charge in [-0.15, -0.1) is 0 Å². The van der Waals surface area contributed by atoms with Gasteiger partial charge in [-0.2, -0.15) is 4.31 Å². The van der Waals surface area contributed by atoms with Crippen molar-refractivity contribution in [3.63, 3.8) is 0 Å². The van der Waals surface area contributed by atoms with Gasteiger partial charge in [-0.3, -0.25) is 19.9 Å². The van der Waals surface area contributed by atoms with E-state index in [4.69, 9.17) is 32.7 Å². The van der Waals surface area contributed by atoms with Crippen LogP contribution < -0.4 is 20.5 Å². The van der Waals surface area contributed by atoms with Gasteiger partial charge in [0.2, 0.25) is 10.0 Å². The number of ether oxygens (including phenoxy) is 2. The van der Waals surface area contributed by atoms with Crippen LogP contribution in [0.15, 0.2) is 76.4 Å². The molecule has 40 heavy (non-hydrogen) atoms. The third-order valence-corrected chi connectivity index (χ3v) is 8.65. The fourth-order valence-electron chi connectivity index (χ4n) is 4.57. The number of nitrogens with zero attached hydrogens (tertiary/aromatic N) is 2. The minimum Gasteiger partial charge on any atom is -0.494 e. The van der Waals surface area contributed by atoms with E-state index in [1.54, 1.807) is 42.5 Å². The predicted octanol–water partition coefficient (Wildman–Crippen LogP) is 4.07. The summed E-state index contributed by atoms with van der Waals surface area (Å²) in [5, 5.41) is 13.2. The maximum atomic E-state index is 13.7. The van der Waals surface area contributed by atoms with E-state index in [1.165, 1.54) is 41.5 Å². The van der Waals surface area contributed by atoms with Gasteiger partial charge in [-0.05, 0) is 54.6 Å². The minimum atomic E-state index is -4.32. The molecule has 0 spiro atoms. The molecule has 2 heterocycles. The van der Waals surface area contributed by atoms with E-state index in [9.17, 15) is 23.2 Å². The van der Waals surface area contributed by atoms with E-state index in [1.807, 2.05) is 0 Å². The molecule has 1 atom stereocenters. The molecule has 0 saturated heterocycles. The molecule has 4 aromatic rings. The van der Waals surface area contributed by atoms with Crippen molar-refractivity contribution in [2.24, 2.45) is 0 Å². The molecular formula is C26H22Cl2N4O7S. The van der Waals surface area contributed by atoms with Crippen LogP contribution in [0.4, 0.5) is 0 Å². The Morgan fingerprint density at radius 2 is 1.73 bits per heavy atom. The Balaban J connectivity index is 1.50. The smallest absolute Gasteiger partial charge is 0.276 e. The molecule has 3 N–H and O–H groups in total. The fraction of sp³-hybridized carbons (Fsp3) is 0.154. The second-order valence-electron chi connectivity index (χ2n) is 8.74. The second-order valence-corrected chi connectivity index (χ2v) is 11.5. The Kier molecular flexibility index (Phi) is 7.62. The highest BCUT2D eigenvalue weighted by Gasteiger charge is 2.44. The summed E-state index contributed by atoms with van der Waals surface area (Å²) < 4.78 is 40.6. The number of halogens is 2. The van der Waals surface area contributed by atoms with Crippen molar-refractivity contribution in [3.05, 3.63) is 98.4 Å². The van der Waals surface area contributed by atoms with Crippen LogP contribution in [0.3, 0.4) is 0 Å². The first-order valence-corrected chi connectivity index (χ1v) is 14.0. The molecule has 3 aromatic carbocycles. The number of hydrogen-bond acceptors (Lipinski definition) is 7. The summed E-state index contributed by atoms with van der Waals surface area (Å²) in [7, 11) is -2.87. The summed E-state index contributed by atoms with van der Waals surface area (Å²) >= 11 is 12.0. The number of methoxy groups -OCH3 is 1. The number of hydroxylamine groups is 1. The van der Waals surface area contributed by atoms with Crippen LogP contribution in [0.1, 0.15) is 17.3 Å². The lowest BCUT2D eigenvalue weighted by atomic mass is 10.0. The first-order chi connectivity index (χ1) is 19.1. The number of sulfonamides is 1. The molecular weight excluding hydrogens is 583 g/mol. The monoisotopic (exact) mass is 604 g/mol. The van der Waals surface area contributed by atoms with Gasteiger partial charge in [0.1, 0.15) is 29.0 Å². The van der Waals surface area contributed by atoms with E-state index in [2.05, 4.69) is 5.10 Å². The summed E-state index contributed by atoms with van der Waals surface area (Å²) in [6.07, 6.45) is 0.109. The molecule has 14 heteroatoms. The lowest BCUT2D eigenvalue weighted by Crippen LogP contribution is -2.48. The number of para-hydroxylation sites is 2. The molecule has 0 fully saturated rings. The standard InChI is InChI=1S/C26H22Cl2N4O7S/c1-38-22-5-3-2-4-21(22)32-26(34)23-20(29-32)10-11-31(24(23)25(33)30-35)40(36,37)19-8-6-17(7-9-19)39-18-13-15(27)12-16(28)14-18/h2-9,12-14,24,29,35H,10-11H2,1H3,(H,30,33). The Hall–Kier alpha value is -3.81. The number of fused-ring (bicyclic) bond motifs is 1. The summed E-state index contributed by atoms with van der Waals surface area (Å²) in [4.78, 5) is 26.3. The van der Waals surface area contributed by atoms with Crippen LogP contribution in [-0.4, -0.2) is 47.3 Å². The third-order valence-electron chi connectivity index (χ3n) is 6.34. The van der Waals surface area contributed by atoms with Gasteiger partial charge in [0.25, 0.3) is 11.5 Å². The number of aromatic nitrogens is 2. The number of amides is 1. The average Bonchev–Trinajstić information content (AvgIpc) is 3.27. The summed E-state index contributed by atoms with van der Waals surface area (Å²) in [5.41, 5.74) is 1.47. The van der Waals surface area contributed by atoms with Gasteiger partial charge in [0.15, 0.2) is 0 Å². The van der Waals surface area contributed by atoms with Crippen molar-refractivity contribution in [1.29, 1.82) is 0 Å². The van der Waals surface area contributed by atoms with Gasteiger partial charge in [-0.1, -0.05) is 35.3 Å². The highest BCUT2D eigenvalue weighted by Crippen LogP contribution is 2.34. The number of aromatic amines is 1. The topological polar surface area (TPSA) is 143 Å². The molecule has 1 amide bonds. The SMILES string of the molecule is COc1ccccc1-n1[nH]c2c(c1=O)C(C(=O)NO)N(S(=O)(=O)c1ccc(Oc3cc(Cl)cc(Cl)c3)cc1)CC2. The maximum absolute atomic E-state index is 13.7. The summed E-state index contributed by atoms with van der Waals surface area (Å²) in [6.45, 7) is -0.140. The van der Waals surface area contributed by atoms with Crippen molar-refractivity contribution in [2.75, 3.05) is 13.7 Å². The van der Waals surface area contributed by atoms with Crippen molar-refractivity contribution < 1.29 is 27.9 Å². The van der Waals surface area contributed by atoms with E-state index in [0.717, 1.165) is 4.31 Å². The second kappa shape index (κ2) is 11.0. The first-order valence-electron chi connectivity index (χ1n) is 11.8. The first kappa shape index (κ1) is 27.7. The van der Waals surface area contributed by atoms with E-state index in [-0.39, 0.29) is 23.4 Å². The predicted molar refractivity (Wildman–Crippen MR) is 146 cm³/mol. The normalized spacial score (nSPS) is 15.3. The highest BCUT2D eigenvalue weighted by atomic mass is 35.5. The molecule has 1 unspecified atom stereocenters. The van der Waals surface area contributed by atoms with Crippen LogP contribution in [0.5, 0.6) is 17.2 Å². The van der Waals surface area contributed by atoms with Gasteiger partial charge in [0, 0.05) is 28.7 Å². The summed E-state index contributed by atoms with van der Waals surface area (Å²) in [5.74, 6) is -0.0212. The molecule has 0 saturated carbocycles. The van der Waals surface area contributed by atoms with Gasteiger partial charge < -0.3 is 9.47 Å². The molecule has 5 rings (SSSR count). The van der Waals surface area contributed by atoms with Gasteiger partial charge in [0.05, 0.1) is 17.6 Å². The van der Waals surface area contributed by atoms with Crippen molar-refractivity contribution in [3.8, 4) is 22.9 Å². The molecule has 208 valence electrons. The maximum Gasteiger partial charge on any atom is 0.276 e. The molecule has 0 radical (unpaired) electrons. The Morgan fingerprint density at radius 3 is 2.38 bits per heavy atom. The number of benzene rings is 3. The van der Waals surface area contributed by atoms with Crippen LogP contribution >= 0.6 is 23.2 Å². The number of nitrogens with one attached hydrogen (secondary N) is 2. The molecule has 1 aliphatic rings. The Morgan fingerprint density at radius 1 is 1.05 bits per heavy atom. The molecule has 11 nitrogen and oxygen atoms in total. The quantitative estimate of drug-likeness (QED) is 0.213. The van der Waals surface area contributed by atoms with Crippen molar-refractivity contribution >= 4 is 39.1 Å². The van der Waals surface area contributed by atoms with Gasteiger partial charge in [-0.25, -0.2) is 18.6 Å². The Labute approximate surface area is 238 Å². The van der Waals surface area contributed by atoms with Crippen molar-refractivity contribution in [1.82, 2.24) is 19.6 Å². The molecule has 0 bridgehead atoms. The number of H-pyrrole nitrogens is 1. The van der Waals surface area contributed by atoms with E-state index in [0.29, 0.717) is 38.7 Å².